The van der Waals surface area contributed by atoms with Crippen LogP contribution in [0.25, 0.3) is 5.69 Å². The normalized spacial score (nSPS) is 11.8. The molecule has 0 saturated heterocycles. The molecular formula is C31H30N4OS2. The Labute approximate surface area is 232 Å². The fourth-order valence-corrected chi connectivity index (χ4v) is 5.97. The summed E-state index contributed by atoms with van der Waals surface area (Å²) in [4.78, 5) is 14.2. The molecule has 5 rings (SSSR count). The predicted molar refractivity (Wildman–Crippen MR) is 156 cm³/mol. The second-order valence-corrected chi connectivity index (χ2v) is 11.3. The standard InChI is InChI=1S/C31H30N4OS2/c1-22-13-15-26(16-14-22)35-30(33-34-31(35)38-21-25-11-6-8-23(2)18-25)28(19-24-9-4-3-5-10-24)32-29(36)20-27-12-7-17-37-27/h3-18,28H,19-21H2,1-2H3,(H,32,36). The van der Waals surface area contributed by atoms with Gasteiger partial charge in [0.2, 0.25) is 5.91 Å². The lowest BCUT2D eigenvalue weighted by Gasteiger charge is -2.20. The average Bonchev–Trinajstić information content (AvgIpc) is 3.58. The molecule has 3 aromatic carbocycles. The number of rotatable bonds is 10. The van der Waals surface area contributed by atoms with Crippen LogP contribution in [0.2, 0.25) is 0 Å². The number of amides is 1. The lowest BCUT2D eigenvalue weighted by Crippen LogP contribution is -2.33. The van der Waals surface area contributed by atoms with E-state index in [1.165, 1.54) is 16.7 Å². The van der Waals surface area contributed by atoms with Gasteiger partial charge >= 0.3 is 0 Å². The fourth-order valence-electron chi connectivity index (χ4n) is 4.36. The second kappa shape index (κ2) is 12.2. The minimum absolute atomic E-state index is 0.0270. The Balaban J connectivity index is 1.50. The summed E-state index contributed by atoms with van der Waals surface area (Å²) < 4.78 is 2.10. The van der Waals surface area contributed by atoms with Gasteiger partial charge in [0.25, 0.3) is 0 Å². The zero-order chi connectivity index (χ0) is 26.3. The summed E-state index contributed by atoms with van der Waals surface area (Å²) in [6.07, 6.45) is 0.958. The fraction of sp³-hybridized carbons (Fsp3) is 0.194. The quantitative estimate of drug-likeness (QED) is 0.197. The molecule has 0 radical (unpaired) electrons. The molecule has 0 aliphatic rings. The number of nitrogens with one attached hydrogen (secondary N) is 1. The highest BCUT2D eigenvalue weighted by Crippen LogP contribution is 2.29. The number of aryl methyl sites for hydroxylation is 2. The van der Waals surface area contributed by atoms with E-state index in [0.717, 1.165) is 32.9 Å². The van der Waals surface area contributed by atoms with E-state index in [0.29, 0.717) is 12.8 Å². The molecule has 5 aromatic rings. The van der Waals surface area contributed by atoms with Crippen LogP contribution in [-0.4, -0.2) is 20.7 Å². The molecule has 192 valence electrons. The number of aromatic nitrogens is 3. The van der Waals surface area contributed by atoms with Crippen LogP contribution in [0.1, 0.15) is 39.0 Å². The first-order valence-corrected chi connectivity index (χ1v) is 14.5. The lowest BCUT2D eigenvalue weighted by molar-refractivity contribution is -0.121. The summed E-state index contributed by atoms with van der Waals surface area (Å²) in [5.41, 5.74) is 5.76. The van der Waals surface area contributed by atoms with Crippen molar-refractivity contribution in [3.8, 4) is 5.69 Å². The Morgan fingerprint density at radius 2 is 1.68 bits per heavy atom. The summed E-state index contributed by atoms with van der Waals surface area (Å²) in [6.45, 7) is 4.18. The minimum Gasteiger partial charge on any atom is -0.345 e. The van der Waals surface area contributed by atoms with Crippen molar-refractivity contribution >= 4 is 29.0 Å². The molecule has 0 aliphatic carbocycles. The van der Waals surface area contributed by atoms with Gasteiger partial charge in [-0.1, -0.05) is 95.7 Å². The van der Waals surface area contributed by atoms with E-state index >= 15 is 0 Å². The molecule has 1 N–H and O–H groups in total. The Morgan fingerprint density at radius 3 is 2.42 bits per heavy atom. The van der Waals surface area contributed by atoms with E-state index in [1.807, 2.05) is 35.7 Å². The van der Waals surface area contributed by atoms with E-state index in [9.17, 15) is 4.79 Å². The van der Waals surface area contributed by atoms with E-state index in [1.54, 1.807) is 23.1 Å². The maximum Gasteiger partial charge on any atom is 0.225 e. The number of thiophene rings is 1. The van der Waals surface area contributed by atoms with E-state index < -0.39 is 0 Å². The zero-order valence-electron chi connectivity index (χ0n) is 21.5. The van der Waals surface area contributed by atoms with Crippen LogP contribution in [-0.2, 0) is 23.4 Å². The van der Waals surface area contributed by atoms with Crippen LogP contribution in [0.3, 0.4) is 0 Å². The van der Waals surface area contributed by atoms with E-state index in [4.69, 9.17) is 0 Å². The summed E-state index contributed by atoms with van der Waals surface area (Å²) in [6, 6.07) is 30.7. The van der Waals surface area contributed by atoms with Crippen LogP contribution in [0.5, 0.6) is 0 Å². The van der Waals surface area contributed by atoms with Gasteiger partial charge in [0, 0.05) is 16.3 Å². The number of carbonyl (C=O) groups excluding carboxylic acids is 1. The number of thioether (sulfide) groups is 1. The Kier molecular flexibility index (Phi) is 8.36. The number of nitrogens with zero attached hydrogens (tertiary/aromatic N) is 3. The SMILES string of the molecule is Cc1ccc(-n2c(SCc3cccc(C)c3)nnc2C(Cc2ccccc2)NC(=O)Cc2cccs2)cc1. The third-order valence-corrected chi connectivity index (χ3v) is 8.12. The first kappa shape index (κ1) is 25.9. The topological polar surface area (TPSA) is 59.8 Å². The average molecular weight is 539 g/mol. The highest BCUT2D eigenvalue weighted by atomic mass is 32.2. The summed E-state index contributed by atoms with van der Waals surface area (Å²) in [5.74, 6) is 1.48. The molecule has 2 aromatic heterocycles. The highest BCUT2D eigenvalue weighted by molar-refractivity contribution is 7.98. The maximum absolute atomic E-state index is 13.2. The summed E-state index contributed by atoms with van der Waals surface area (Å²) in [5, 5.41) is 15.4. The van der Waals surface area contributed by atoms with Crippen molar-refractivity contribution in [2.24, 2.45) is 0 Å². The van der Waals surface area contributed by atoms with Crippen LogP contribution >= 0.6 is 23.1 Å². The molecule has 2 heterocycles. The zero-order valence-corrected chi connectivity index (χ0v) is 23.1. The largest absolute Gasteiger partial charge is 0.345 e. The molecule has 7 heteroatoms. The second-order valence-electron chi connectivity index (χ2n) is 9.36. The number of benzene rings is 3. The Bertz CT molecular complexity index is 1480. The van der Waals surface area contributed by atoms with E-state index in [-0.39, 0.29) is 11.9 Å². The molecule has 0 spiro atoms. The van der Waals surface area contributed by atoms with Crippen LogP contribution in [0.4, 0.5) is 0 Å². The minimum atomic E-state index is -0.341. The van der Waals surface area contributed by atoms with Crippen molar-refractivity contribution in [1.29, 1.82) is 0 Å². The third-order valence-electron chi connectivity index (χ3n) is 6.25. The molecule has 0 aliphatic heterocycles. The first-order valence-electron chi connectivity index (χ1n) is 12.6. The van der Waals surface area contributed by atoms with Gasteiger partial charge in [-0.15, -0.1) is 21.5 Å². The monoisotopic (exact) mass is 538 g/mol. The van der Waals surface area contributed by atoms with Crippen molar-refractivity contribution in [3.05, 3.63) is 129 Å². The number of hydrogen-bond donors (Lipinski definition) is 1. The Hall–Kier alpha value is -3.68. The lowest BCUT2D eigenvalue weighted by atomic mass is 10.0. The third kappa shape index (κ3) is 6.60. The van der Waals surface area contributed by atoms with Crippen molar-refractivity contribution in [2.75, 3.05) is 0 Å². The molecule has 0 fully saturated rings. The molecular weight excluding hydrogens is 509 g/mol. The molecule has 0 saturated carbocycles. The van der Waals surface area contributed by atoms with Gasteiger partial charge in [-0.3, -0.25) is 9.36 Å². The van der Waals surface area contributed by atoms with Gasteiger partial charge in [0.15, 0.2) is 11.0 Å². The number of carbonyl (C=O) groups is 1. The number of hydrogen-bond acceptors (Lipinski definition) is 5. The maximum atomic E-state index is 13.2. The molecule has 5 nitrogen and oxygen atoms in total. The Morgan fingerprint density at radius 1 is 0.895 bits per heavy atom. The molecule has 1 amide bonds. The predicted octanol–water partition coefficient (Wildman–Crippen LogP) is 6.88. The summed E-state index contributed by atoms with van der Waals surface area (Å²) >= 11 is 3.25. The van der Waals surface area contributed by atoms with Crippen LogP contribution < -0.4 is 5.32 Å². The summed E-state index contributed by atoms with van der Waals surface area (Å²) in [7, 11) is 0. The van der Waals surface area contributed by atoms with Crippen molar-refractivity contribution in [2.45, 2.75) is 43.6 Å². The van der Waals surface area contributed by atoms with Gasteiger partial charge < -0.3 is 5.32 Å². The van der Waals surface area contributed by atoms with Gasteiger partial charge in [-0.05, 0) is 55.0 Å². The molecule has 1 unspecified atom stereocenters. The van der Waals surface area contributed by atoms with Crippen LogP contribution in [0, 0.1) is 13.8 Å². The van der Waals surface area contributed by atoms with Gasteiger partial charge in [0.1, 0.15) is 0 Å². The molecule has 38 heavy (non-hydrogen) atoms. The van der Waals surface area contributed by atoms with Gasteiger partial charge in [-0.2, -0.15) is 0 Å². The smallest absolute Gasteiger partial charge is 0.225 e. The van der Waals surface area contributed by atoms with Crippen LogP contribution in [0.15, 0.2) is 102 Å². The first-order chi connectivity index (χ1) is 18.5. The van der Waals surface area contributed by atoms with Crippen molar-refractivity contribution in [1.82, 2.24) is 20.1 Å². The van der Waals surface area contributed by atoms with Crippen molar-refractivity contribution in [3.63, 3.8) is 0 Å². The van der Waals surface area contributed by atoms with Gasteiger partial charge in [-0.25, -0.2) is 0 Å². The molecule has 1 atom stereocenters. The van der Waals surface area contributed by atoms with E-state index in [2.05, 4.69) is 94.6 Å². The van der Waals surface area contributed by atoms with Crippen molar-refractivity contribution < 1.29 is 4.79 Å². The molecule has 0 bridgehead atoms. The van der Waals surface area contributed by atoms with Gasteiger partial charge in [0.05, 0.1) is 12.5 Å². The highest BCUT2D eigenvalue weighted by Gasteiger charge is 2.25.